The van der Waals surface area contributed by atoms with Gasteiger partial charge in [0, 0.05) is 18.8 Å². The van der Waals surface area contributed by atoms with Gasteiger partial charge >= 0.3 is 23.6 Å². The Hall–Kier alpha value is -4.29. The molecular formula is C20H21N5O8. The molecular weight excluding hydrogens is 438 g/mol. The summed E-state index contributed by atoms with van der Waals surface area (Å²) >= 11 is 0. The lowest BCUT2D eigenvalue weighted by molar-refractivity contribution is -0.383. The third kappa shape index (κ3) is 5.14. The van der Waals surface area contributed by atoms with Crippen molar-refractivity contribution < 1.29 is 33.9 Å². The number of nitro groups is 1. The third-order valence-electron chi connectivity index (χ3n) is 5.17. The van der Waals surface area contributed by atoms with Crippen molar-refractivity contribution in [2.24, 2.45) is 5.92 Å². The van der Waals surface area contributed by atoms with Gasteiger partial charge in [-0.15, -0.1) is 0 Å². The van der Waals surface area contributed by atoms with Gasteiger partial charge in [-0.25, -0.2) is 19.6 Å². The van der Waals surface area contributed by atoms with E-state index in [2.05, 4.69) is 15.3 Å². The van der Waals surface area contributed by atoms with Crippen molar-refractivity contribution in [2.45, 2.75) is 12.8 Å². The minimum atomic E-state index is -0.902. The summed E-state index contributed by atoms with van der Waals surface area (Å²) in [7, 11) is 2.35. The van der Waals surface area contributed by atoms with E-state index in [4.69, 9.17) is 9.47 Å². The van der Waals surface area contributed by atoms with Crippen LogP contribution in [0, 0.1) is 16.0 Å². The number of carbonyl (C=O) groups is 3. The number of ether oxygens (including phenoxy) is 2. The number of carboxylic acids is 1. The Morgan fingerprint density at radius 3 is 2.15 bits per heavy atom. The monoisotopic (exact) mass is 459 g/mol. The van der Waals surface area contributed by atoms with Gasteiger partial charge in [-0.3, -0.25) is 14.9 Å². The Bertz CT molecular complexity index is 1060. The Kier molecular flexibility index (Phi) is 7.00. The first-order valence-electron chi connectivity index (χ1n) is 9.81. The molecule has 33 heavy (non-hydrogen) atoms. The molecule has 2 heterocycles. The predicted molar refractivity (Wildman–Crippen MR) is 114 cm³/mol. The van der Waals surface area contributed by atoms with E-state index in [1.54, 1.807) is 4.90 Å². The van der Waals surface area contributed by atoms with Crippen LogP contribution in [-0.2, 0) is 14.3 Å². The summed E-state index contributed by atoms with van der Waals surface area (Å²) in [6.07, 6.45) is 1.78. The number of carboxylic acid groups (broad SMARTS) is 1. The van der Waals surface area contributed by atoms with Crippen molar-refractivity contribution in [3.63, 3.8) is 0 Å². The molecule has 1 fully saturated rings. The lowest BCUT2D eigenvalue weighted by Crippen LogP contribution is -2.37. The average Bonchev–Trinajstić information content (AvgIpc) is 2.82. The highest BCUT2D eigenvalue weighted by Gasteiger charge is 2.32. The van der Waals surface area contributed by atoms with Crippen molar-refractivity contribution >= 4 is 40.9 Å². The number of anilines is 3. The minimum Gasteiger partial charge on any atom is -0.481 e. The zero-order chi connectivity index (χ0) is 24.1. The van der Waals surface area contributed by atoms with Crippen LogP contribution in [0.2, 0.25) is 0 Å². The predicted octanol–water partition coefficient (Wildman–Crippen LogP) is 2.00. The number of benzene rings is 1. The molecule has 1 aliphatic heterocycles. The third-order valence-corrected chi connectivity index (χ3v) is 5.17. The van der Waals surface area contributed by atoms with Crippen LogP contribution in [0.3, 0.4) is 0 Å². The van der Waals surface area contributed by atoms with Gasteiger partial charge in [0.1, 0.15) is 6.33 Å². The van der Waals surface area contributed by atoms with E-state index in [0.717, 1.165) is 6.33 Å². The smallest absolute Gasteiger partial charge is 0.353 e. The van der Waals surface area contributed by atoms with E-state index in [1.165, 1.54) is 32.4 Å². The summed E-state index contributed by atoms with van der Waals surface area (Å²) in [6, 6.07) is 3.97. The summed E-state index contributed by atoms with van der Waals surface area (Å²) in [6.45, 7) is 0.553. The zero-order valence-corrected chi connectivity index (χ0v) is 17.8. The molecule has 174 valence electrons. The number of piperidine rings is 1. The number of nitrogens with zero attached hydrogens (tertiary/aromatic N) is 4. The van der Waals surface area contributed by atoms with Crippen LogP contribution in [0.25, 0.3) is 0 Å². The zero-order valence-electron chi connectivity index (χ0n) is 17.8. The maximum atomic E-state index is 12.0. The molecule has 0 aliphatic carbocycles. The van der Waals surface area contributed by atoms with Gasteiger partial charge in [0.15, 0.2) is 0 Å². The summed E-state index contributed by atoms with van der Waals surface area (Å²) in [4.78, 5) is 56.1. The number of aromatic nitrogens is 2. The molecule has 1 aliphatic rings. The Morgan fingerprint density at radius 2 is 1.67 bits per heavy atom. The van der Waals surface area contributed by atoms with Crippen LogP contribution in [0.4, 0.5) is 23.0 Å². The van der Waals surface area contributed by atoms with Crippen molar-refractivity contribution in [3.8, 4) is 0 Å². The minimum absolute atomic E-state index is 0.0237. The van der Waals surface area contributed by atoms with Crippen LogP contribution < -0.4 is 10.2 Å². The van der Waals surface area contributed by atoms with Crippen LogP contribution in [-0.4, -0.2) is 65.2 Å². The Labute approximate surface area is 187 Å². The van der Waals surface area contributed by atoms with E-state index in [-0.39, 0.29) is 41.5 Å². The number of rotatable bonds is 7. The molecule has 13 nitrogen and oxygen atoms in total. The average molecular weight is 459 g/mol. The number of nitrogens with one attached hydrogen (secondary N) is 1. The highest BCUT2D eigenvalue weighted by Crippen LogP contribution is 2.35. The first kappa shape index (κ1) is 23.4. The normalized spacial score (nSPS) is 13.8. The number of carbonyl (C=O) groups excluding carboxylic acids is 2. The first-order valence-corrected chi connectivity index (χ1v) is 9.81. The molecule has 2 N–H and O–H groups in total. The molecule has 1 aromatic heterocycles. The van der Waals surface area contributed by atoms with Gasteiger partial charge in [-0.2, -0.15) is 0 Å². The van der Waals surface area contributed by atoms with Gasteiger partial charge in [0.2, 0.25) is 11.6 Å². The van der Waals surface area contributed by atoms with Gasteiger partial charge < -0.3 is 24.8 Å². The molecule has 3 rings (SSSR count). The standard InChI is InChI=1S/C20H21N5O8/c1-32-19(28)12-7-13(20(29)33-2)9-14(8-12)23-16-15(25(30)31)17(22-10-21-16)24-5-3-11(4-6-24)18(26)27/h7-11H,3-6H2,1-2H3,(H,26,27)(H,21,22,23). The highest BCUT2D eigenvalue weighted by atomic mass is 16.6. The highest BCUT2D eigenvalue weighted by molar-refractivity contribution is 5.97. The fraction of sp³-hybridized carbons (Fsp3) is 0.350. The first-order chi connectivity index (χ1) is 15.7. The molecule has 13 heteroatoms. The van der Waals surface area contributed by atoms with Crippen LogP contribution in [0.1, 0.15) is 33.6 Å². The lowest BCUT2D eigenvalue weighted by atomic mass is 9.97. The maximum Gasteiger partial charge on any atom is 0.353 e. The van der Waals surface area contributed by atoms with Crippen LogP contribution >= 0.6 is 0 Å². The molecule has 0 amide bonds. The second-order valence-corrected chi connectivity index (χ2v) is 7.16. The van der Waals surface area contributed by atoms with Crippen LogP contribution in [0.5, 0.6) is 0 Å². The largest absolute Gasteiger partial charge is 0.481 e. The lowest BCUT2D eigenvalue weighted by Gasteiger charge is -2.30. The van der Waals surface area contributed by atoms with Crippen molar-refractivity contribution in [3.05, 3.63) is 45.8 Å². The van der Waals surface area contributed by atoms with Crippen LogP contribution in [0.15, 0.2) is 24.5 Å². The quantitative estimate of drug-likeness (QED) is 0.350. The molecule has 0 unspecified atom stereocenters. The molecule has 2 aromatic rings. The van der Waals surface area contributed by atoms with Gasteiger partial charge in [-0.05, 0) is 31.0 Å². The van der Waals surface area contributed by atoms with Crippen molar-refractivity contribution in [1.29, 1.82) is 0 Å². The number of aliphatic carboxylic acids is 1. The van der Waals surface area contributed by atoms with E-state index < -0.39 is 34.4 Å². The summed E-state index contributed by atoms with van der Waals surface area (Å²) in [5.41, 5.74) is -0.212. The summed E-state index contributed by atoms with van der Waals surface area (Å²) in [5, 5.41) is 23.9. The van der Waals surface area contributed by atoms with E-state index in [9.17, 15) is 29.6 Å². The second kappa shape index (κ2) is 9.89. The Morgan fingerprint density at radius 1 is 1.09 bits per heavy atom. The van der Waals surface area contributed by atoms with Gasteiger partial charge in [0.05, 0.1) is 36.2 Å². The Balaban J connectivity index is 1.98. The van der Waals surface area contributed by atoms with Crippen molar-refractivity contribution in [1.82, 2.24) is 9.97 Å². The van der Waals surface area contributed by atoms with E-state index >= 15 is 0 Å². The molecule has 1 saturated heterocycles. The topological polar surface area (TPSA) is 174 Å². The van der Waals surface area contributed by atoms with E-state index in [0.29, 0.717) is 12.8 Å². The number of methoxy groups -OCH3 is 2. The number of hydrogen-bond acceptors (Lipinski definition) is 11. The SMILES string of the molecule is COC(=O)c1cc(Nc2ncnc(N3CCC(C(=O)O)CC3)c2[N+](=O)[O-])cc(C(=O)OC)c1. The molecule has 0 radical (unpaired) electrons. The molecule has 0 atom stereocenters. The van der Waals surface area contributed by atoms with Gasteiger partial charge in [-0.1, -0.05) is 0 Å². The number of hydrogen-bond donors (Lipinski definition) is 2. The summed E-state index contributed by atoms with van der Waals surface area (Å²) < 4.78 is 9.39. The molecule has 0 spiro atoms. The number of esters is 2. The molecule has 0 saturated carbocycles. The maximum absolute atomic E-state index is 12.0. The van der Waals surface area contributed by atoms with Crippen molar-refractivity contribution in [2.75, 3.05) is 37.5 Å². The summed E-state index contributed by atoms with van der Waals surface area (Å²) in [5.74, 6) is -2.98. The molecule has 1 aromatic carbocycles. The fourth-order valence-corrected chi connectivity index (χ4v) is 3.51. The fourth-order valence-electron chi connectivity index (χ4n) is 3.51. The second-order valence-electron chi connectivity index (χ2n) is 7.16. The van der Waals surface area contributed by atoms with Gasteiger partial charge in [0.25, 0.3) is 0 Å². The molecule has 0 bridgehead atoms. The van der Waals surface area contributed by atoms with E-state index in [1.807, 2.05) is 0 Å².